The Hall–Kier alpha value is -1.78. The van der Waals surface area contributed by atoms with Gasteiger partial charge in [-0.2, -0.15) is 0 Å². The van der Waals surface area contributed by atoms with Gasteiger partial charge in [-0.3, -0.25) is 9.78 Å². The highest BCUT2D eigenvalue weighted by Gasteiger charge is 2.07. The van der Waals surface area contributed by atoms with Gasteiger partial charge >= 0.3 is 0 Å². The largest absolute Gasteiger partial charge is 0.384 e. The zero-order chi connectivity index (χ0) is 17.4. The molecule has 0 aliphatic carbocycles. The van der Waals surface area contributed by atoms with E-state index in [9.17, 15) is 4.79 Å². The minimum Gasteiger partial charge on any atom is -0.384 e. The van der Waals surface area contributed by atoms with Gasteiger partial charge in [0.1, 0.15) is 0 Å². The number of halogens is 2. The van der Waals surface area contributed by atoms with E-state index in [1.165, 1.54) is 0 Å². The van der Waals surface area contributed by atoms with Crippen molar-refractivity contribution in [3.05, 3.63) is 57.8 Å². The Morgan fingerprint density at radius 3 is 2.75 bits per heavy atom. The van der Waals surface area contributed by atoms with Crippen LogP contribution in [-0.2, 0) is 6.42 Å². The van der Waals surface area contributed by atoms with E-state index < -0.39 is 0 Å². The number of pyridine rings is 1. The average Bonchev–Trinajstić information content (AvgIpc) is 2.57. The Labute approximate surface area is 152 Å². The summed E-state index contributed by atoms with van der Waals surface area (Å²) in [5.41, 5.74) is 2.35. The molecular formula is C18H21Cl2N3O. The number of nitrogens with zero attached hydrogens (tertiary/aromatic N) is 1. The molecule has 1 aromatic carbocycles. The maximum Gasteiger partial charge on any atom is 0.252 e. The first-order valence-corrected chi connectivity index (χ1v) is 8.76. The van der Waals surface area contributed by atoms with Crippen LogP contribution < -0.4 is 10.6 Å². The first-order chi connectivity index (χ1) is 11.6. The van der Waals surface area contributed by atoms with Gasteiger partial charge < -0.3 is 10.6 Å². The summed E-state index contributed by atoms with van der Waals surface area (Å²) in [4.78, 5) is 16.3. The third kappa shape index (κ3) is 5.69. The van der Waals surface area contributed by atoms with Crippen LogP contribution in [0.2, 0.25) is 10.0 Å². The summed E-state index contributed by atoms with van der Waals surface area (Å²) in [6.07, 6.45) is 6.13. The van der Waals surface area contributed by atoms with Gasteiger partial charge in [-0.25, -0.2) is 0 Å². The molecule has 1 aromatic heterocycles. The highest BCUT2D eigenvalue weighted by atomic mass is 35.5. The first-order valence-electron chi connectivity index (χ1n) is 8.01. The number of aromatic nitrogens is 1. The number of unbranched alkanes of at least 4 members (excludes halogenated alkanes) is 1. The van der Waals surface area contributed by atoms with Crippen molar-refractivity contribution < 1.29 is 4.79 Å². The van der Waals surface area contributed by atoms with Crippen molar-refractivity contribution in [2.75, 3.05) is 18.4 Å². The maximum absolute atomic E-state index is 12.2. The lowest BCUT2D eigenvalue weighted by Gasteiger charge is -2.09. The van der Waals surface area contributed by atoms with Gasteiger partial charge in [0.05, 0.1) is 11.3 Å². The lowest BCUT2D eigenvalue weighted by molar-refractivity contribution is 0.0954. The van der Waals surface area contributed by atoms with E-state index in [1.807, 2.05) is 12.1 Å². The number of rotatable bonds is 8. The minimum absolute atomic E-state index is 0.147. The van der Waals surface area contributed by atoms with Crippen molar-refractivity contribution in [1.82, 2.24) is 10.3 Å². The molecule has 0 saturated heterocycles. The van der Waals surface area contributed by atoms with Crippen molar-refractivity contribution in [2.24, 2.45) is 0 Å². The number of hydrogen-bond donors (Lipinski definition) is 2. The molecule has 0 spiro atoms. The summed E-state index contributed by atoms with van der Waals surface area (Å²) in [6, 6.07) is 7.18. The van der Waals surface area contributed by atoms with Gasteiger partial charge in [0.25, 0.3) is 5.91 Å². The lowest BCUT2D eigenvalue weighted by atomic mass is 10.1. The molecule has 4 nitrogen and oxygen atoms in total. The van der Waals surface area contributed by atoms with Crippen molar-refractivity contribution >= 4 is 34.8 Å². The summed E-state index contributed by atoms with van der Waals surface area (Å²) >= 11 is 12.0. The van der Waals surface area contributed by atoms with Crippen LogP contribution in [0.5, 0.6) is 0 Å². The van der Waals surface area contributed by atoms with Crippen LogP contribution in [0.25, 0.3) is 0 Å². The topological polar surface area (TPSA) is 54.0 Å². The highest BCUT2D eigenvalue weighted by molar-refractivity contribution is 6.35. The summed E-state index contributed by atoms with van der Waals surface area (Å²) in [7, 11) is 0. The molecule has 0 radical (unpaired) electrons. The zero-order valence-corrected chi connectivity index (χ0v) is 15.1. The number of hydrogen-bond acceptors (Lipinski definition) is 3. The Bertz CT molecular complexity index is 692. The molecule has 0 aliphatic heterocycles. The fourth-order valence-corrected chi connectivity index (χ4v) is 2.71. The minimum atomic E-state index is -0.147. The third-order valence-corrected chi connectivity index (χ3v) is 4.14. The summed E-state index contributed by atoms with van der Waals surface area (Å²) in [6.45, 7) is 3.50. The second-order valence-corrected chi connectivity index (χ2v) is 6.33. The molecule has 24 heavy (non-hydrogen) atoms. The number of anilines is 1. The second-order valence-electron chi connectivity index (χ2n) is 5.48. The van der Waals surface area contributed by atoms with Crippen LogP contribution in [0.15, 0.2) is 36.7 Å². The van der Waals surface area contributed by atoms with Gasteiger partial charge in [-0.15, -0.1) is 0 Å². The van der Waals surface area contributed by atoms with Gasteiger partial charge in [-0.05, 0) is 36.6 Å². The Morgan fingerprint density at radius 1 is 1.17 bits per heavy atom. The van der Waals surface area contributed by atoms with Crippen molar-refractivity contribution in [1.29, 1.82) is 0 Å². The molecule has 1 amide bonds. The van der Waals surface area contributed by atoms with E-state index in [2.05, 4.69) is 22.5 Å². The molecule has 2 rings (SSSR count). The SMILES string of the molecule is CCCCNc1cncc(C(=O)NCCc2ccc(Cl)cc2Cl)c1. The molecular weight excluding hydrogens is 345 g/mol. The van der Waals surface area contributed by atoms with Gasteiger partial charge in [0, 0.05) is 35.5 Å². The molecule has 2 N–H and O–H groups in total. The number of carbonyl (C=O) groups excluding carboxylic acids is 1. The lowest BCUT2D eigenvalue weighted by Crippen LogP contribution is -2.26. The predicted molar refractivity (Wildman–Crippen MR) is 100 cm³/mol. The zero-order valence-electron chi connectivity index (χ0n) is 13.6. The molecule has 2 aromatic rings. The number of carbonyl (C=O) groups is 1. The Balaban J connectivity index is 1.87. The molecule has 0 atom stereocenters. The molecule has 0 fully saturated rings. The summed E-state index contributed by atoms with van der Waals surface area (Å²) < 4.78 is 0. The molecule has 0 aliphatic rings. The first kappa shape index (κ1) is 18.6. The Kier molecular flexibility index (Phi) is 7.35. The predicted octanol–water partition coefficient (Wildman–Crippen LogP) is 4.57. The van der Waals surface area contributed by atoms with Crippen molar-refractivity contribution in [3.63, 3.8) is 0 Å². The quantitative estimate of drug-likeness (QED) is 0.673. The van der Waals surface area contributed by atoms with E-state index >= 15 is 0 Å². The monoisotopic (exact) mass is 365 g/mol. The third-order valence-electron chi connectivity index (χ3n) is 3.55. The van der Waals surface area contributed by atoms with Gasteiger partial charge in [-0.1, -0.05) is 42.6 Å². The molecule has 0 unspecified atom stereocenters. The average molecular weight is 366 g/mol. The number of benzene rings is 1. The standard InChI is InChI=1S/C18H21Cl2N3O/c1-2-3-7-22-16-9-14(11-21-12-16)18(24)23-8-6-13-4-5-15(19)10-17(13)20/h4-5,9-12,22H,2-3,6-8H2,1H3,(H,23,24). The van der Waals surface area contributed by atoms with Gasteiger partial charge in [0.2, 0.25) is 0 Å². The summed E-state index contributed by atoms with van der Waals surface area (Å²) in [5, 5.41) is 7.36. The maximum atomic E-state index is 12.2. The van der Waals surface area contributed by atoms with Gasteiger partial charge in [0.15, 0.2) is 0 Å². The van der Waals surface area contributed by atoms with Crippen molar-refractivity contribution in [2.45, 2.75) is 26.2 Å². The molecule has 0 bridgehead atoms. The fourth-order valence-electron chi connectivity index (χ4n) is 2.21. The van der Waals surface area contributed by atoms with Crippen LogP contribution >= 0.6 is 23.2 Å². The van der Waals surface area contributed by atoms with E-state index in [1.54, 1.807) is 24.5 Å². The Morgan fingerprint density at radius 2 is 2.00 bits per heavy atom. The van der Waals surface area contributed by atoms with Crippen LogP contribution in [0.4, 0.5) is 5.69 Å². The molecule has 128 valence electrons. The van der Waals surface area contributed by atoms with E-state index in [0.717, 1.165) is 30.6 Å². The second kappa shape index (κ2) is 9.50. The van der Waals surface area contributed by atoms with E-state index in [4.69, 9.17) is 23.2 Å². The molecule has 1 heterocycles. The molecule has 0 saturated carbocycles. The van der Waals surface area contributed by atoms with Crippen LogP contribution in [-0.4, -0.2) is 24.0 Å². The highest BCUT2D eigenvalue weighted by Crippen LogP contribution is 2.21. The fraction of sp³-hybridized carbons (Fsp3) is 0.333. The normalized spacial score (nSPS) is 10.5. The van der Waals surface area contributed by atoms with E-state index in [0.29, 0.717) is 28.6 Å². The van der Waals surface area contributed by atoms with Crippen LogP contribution in [0.3, 0.4) is 0 Å². The van der Waals surface area contributed by atoms with Crippen LogP contribution in [0, 0.1) is 0 Å². The summed E-state index contributed by atoms with van der Waals surface area (Å²) in [5.74, 6) is -0.147. The van der Waals surface area contributed by atoms with Crippen molar-refractivity contribution in [3.8, 4) is 0 Å². The van der Waals surface area contributed by atoms with Crippen LogP contribution in [0.1, 0.15) is 35.7 Å². The number of amides is 1. The molecule has 6 heteroatoms. The number of nitrogens with one attached hydrogen (secondary N) is 2. The van der Waals surface area contributed by atoms with E-state index in [-0.39, 0.29) is 5.91 Å². The smallest absolute Gasteiger partial charge is 0.252 e.